The normalized spacial score (nSPS) is 50.0. The highest BCUT2D eigenvalue weighted by Gasteiger charge is 2.55. The summed E-state index contributed by atoms with van der Waals surface area (Å²) in [5.41, 5.74) is 0.646. The van der Waals surface area contributed by atoms with E-state index in [1.807, 2.05) is 0 Å². The molecule has 3 aliphatic carbocycles. The van der Waals surface area contributed by atoms with Crippen LogP contribution in [0.5, 0.6) is 0 Å². The Morgan fingerprint density at radius 3 is 2.33 bits per heavy atom. The highest BCUT2D eigenvalue weighted by molar-refractivity contribution is 5.06. The van der Waals surface area contributed by atoms with Crippen LogP contribution in [0, 0.1) is 23.2 Å². The molecule has 0 aromatic rings. The van der Waals surface area contributed by atoms with Gasteiger partial charge in [0.1, 0.15) is 0 Å². The van der Waals surface area contributed by atoms with Crippen LogP contribution in [0.4, 0.5) is 0 Å². The molecule has 0 aromatic carbocycles. The molecule has 0 amide bonds. The molecule has 3 fully saturated rings. The van der Waals surface area contributed by atoms with E-state index in [1.54, 1.807) is 0 Å². The van der Waals surface area contributed by atoms with Crippen molar-refractivity contribution in [2.45, 2.75) is 39.7 Å². The van der Waals surface area contributed by atoms with Crippen molar-refractivity contribution in [3.05, 3.63) is 0 Å². The number of hydrogen-bond acceptors (Lipinski definition) is 1. The number of nitrogens with one attached hydrogen (secondary N) is 1. The van der Waals surface area contributed by atoms with E-state index in [4.69, 9.17) is 0 Å². The summed E-state index contributed by atoms with van der Waals surface area (Å²) in [6, 6.07) is 0.793. The maximum absolute atomic E-state index is 3.45. The molecule has 3 rings (SSSR count). The lowest BCUT2D eigenvalue weighted by molar-refractivity contribution is -0.113. The van der Waals surface area contributed by atoms with Crippen molar-refractivity contribution in [2.24, 2.45) is 23.2 Å². The van der Waals surface area contributed by atoms with Crippen molar-refractivity contribution in [1.29, 1.82) is 0 Å². The fourth-order valence-corrected chi connectivity index (χ4v) is 3.53. The molecule has 1 heteroatoms. The average molecular weight is 167 g/mol. The summed E-state index contributed by atoms with van der Waals surface area (Å²) in [5, 5.41) is 3.45. The number of fused-ring (bicyclic) bond motifs is 2. The molecular weight excluding hydrogens is 146 g/mol. The van der Waals surface area contributed by atoms with Crippen LogP contribution in [0.3, 0.4) is 0 Å². The molecule has 2 bridgehead atoms. The molecule has 0 spiro atoms. The van der Waals surface area contributed by atoms with E-state index >= 15 is 0 Å². The molecule has 12 heavy (non-hydrogen) atoms. The van der Waals surface area contributed by atoms with Crippen LogP contribution >= 0.6 is 0 Å². The summed E-state index contributed by atoms with van der Waals surface area (Å²) >= 11 is 0. The lowest BCUT2D eigenvalue weighted by atomic mass is 9.45. The number of hydrogen-bond donors (Lipinski definition) is 1. The minimum atomic E-state index is 0.646. The van der Waals surface area contributed by atoms with Gasteiger partial charge in [-0.2, -0.15) is 0 Å². The topological polar surface area (TPSA) is 12.0 Å². The summed E-state index contributed by atoms with van der Waals surface area (Å²) in [7, 11) is 2.11. The Labute approximate surface area is 75.9 Å². The Morgan fingerprint density at radius 2 is 1.92 bits per heavy atom. The predicted molar refractivity (Wildman–Crippen MR) is 52.0 cm³/mol. The zero-order chi connectivity index (χ0) is 8.93. The second-order valence-corrected chi connectivity index (χ2v) is 5.35. The van der Waals surface area contributed by atoms with E-state index in [1.165, 1.54) is 12.8 Å². The third-order valence-corrected chi connectivity index (χ3v) is 4.72. The predicted octanol–water partition coefficient (Wildman–Crippen LogP) is 2.28. The first-order chi connectivity index (χ1) is 5.57. The fourth-order valence-electron chi connectivity index (χ4n) is 3.53. The van der Waals surface area contributed by atoms with Crippen LogP contribution in [0.25, 0.3) is 0 Å². The molecule has 3 aliphatic rings. The quantitative estimate of drug-likeness (QED) is 0.632. The van der Waals surface area contributed by atoms with Crippen molar-refractivity contribution in [3.63, 3.8) is 0 Å². The number of rotatable bonds is 1. The van der Waals surface area contributed by atoms with Crippen LogP contribution < -0.4 is 5.32 Å². The molecule has 1 nitrogen and oxygen atoms in total. The smallest absolute Gasteiger partial charge is 0.00953 e. The zero-order valence-corrected chi connectivity index (χ0v) is 8.72. The van der Waals surface area contributed by atoms with Gasteiger partial charge in [-0.05, 0) is 43.1 Å². The first-order valence-electron chi connectivity index (χ1n) is 5.24. The minimum absolute atomic E-state index is 0.646. The van der Waals surface area contributed by atoms with Gasteiger partial charge in [0.15, 0.2) is 0 Å². The third-order valence-electron chi connectivity index (χ3n) is 4.72. The first-order valence-corrected chi connectivity index (χ1v) is 5.24. The summed E-state index contributed by atoms with van der Waals surface area (Å²) in [6.07, 6.45) is 2.90. The SMILES string of the molecule is CNC1C[C@@H]2CC(C1C)C2(C)C. The molecular formula is C11H21N. The van der Waals surface area contributed by atoms with E-state index in [2.05, 4.69) is 33.1 Å². The molecule has 1 N–H and O–H groups in total. The van der Waals surface area contributed by atoms with E-state index in [0.717, 1.165) is 23.8 Å². The molecule has 0 radical (unpaired) electrons. The van der Waals surface area contributed by atoms with Crippen LogP contribution in [0.15, 0.2) is 0 Å². The summed E-state index contributed by atoms with van der Waals surface area (Å²) in [6.45, 7) is 7.32. The van der Waals surface area contributed by atoms with Crippen molar-refractivity contribution in [3.8, 4) is 0 Å². The van der Waals surface area contributed by atoms with Gasteiger partial charge in [-0.25, -0.2) is 0 Å². The second-order valence-electron chi connectivity index (χ2n) is 5.35. The first kappa shape index (κ1) is 8.55. The third kappa shape index (κ3) is 0.891. The van der Waals surface area contributed by atoms with E-state index in [0.29, 0.717) is 5.41 Å². The molecule has 0 heterocycles. The van der Waals surface area contributed by atoms with Crippen molar-refractivity contribution in [2.75, 3.05) is 7.05 Å². The van der Waals surface area contributed by atoms with Crippen LogP contribution in [-0.4, -0.2) is 13.1 Å². The maximum Gasteiger partial charge on any atom is 0.00953 e. The van der Waals surface area contributed by atoms with Crippen molar-refractivity contribution >= 4 is 0 Å². The molecule has 0 saturated heterocycles. The van der Waals surface area contributed by atoms with Crippen LogP contribution in [-0.2, 0) is 0 Å². The lowest BCUT2D eigenvalue weighted by Crippen LogP contribution is -2.59. The minimum Gasteiger partial charge on any atom is -0.317 e. The Balaban J connectivity index is 2.11. The van der Waals surface area contributed by atoms with Gasteiger partial charge in [0, 0.05) is 6.04 Å². The Hall–Kier alpha value is -0.0400. The molecule has 0 aliphatic heterocycles. The second kappa shape index (κ2) is 2.47. The molecule has 0 aromatic heterocycles. The average Bonchev–Trinajstić information content (AvgIpc) is 2.03. The van der Waals surface area contributed by atoms with Crippen LogP contribution in [0.2, 0.25) is 0 Å². The maximum atomic E-state index is 3.45. The van der Waals surface area contributed by atoms with E-state index < -0.39 is 0 Å². The molecule has 3 unspecified atom stereocenters. The fraction of sp³-hybridized carbons (Fsp3) is 1.00. The molecule has 3 saturated carbocycles. The van der Waals surface area contributed by atoms with E-state index in [9.17, 15) is 0 Å². The van der Waals surface area contributed by atoms with Crippen molar-refractivity contribution in [1.82, 2.24) is 5.32 Å². The summed E-state index contributed by atoms with van der Waals surface area (Å²) in [4.78, 5) is 0. The Kier molecular flexibility index (Phi) is 1.76. The summed E-state index contributed by atoms with van der Waals surface area (Å²) in [5.74, 6) is 2.86. The monoisotopic (exact) mass is 167 g/mol. The van der Waals surface area contributed by atoms with Crippen molar-refractivity contribution < 1.29 is 0 Å². The van der Waals surface area contributed by atoms with Gasteiger partial charge in [-0.15, -0.1) is 0 Å². The van der Waals surface area contributed by atoms with Gasteiger partial charge >= 0.3 is 0 Å². The van der Waals surface area contributed by atoms with Gasteiger partial charge in [-0.1, -0.05) is 20.8 Å². The molecule has 70 valence electrons. The van der Waals surface area contributed by atoms with Gasteiger partial charge in [-0.3, -0.25) is 0 Å². The standard InChI is InChI=1S/C11H21N/c1-7-9-5-8(11(9,2)3)6-10(7)12-4/h7-10,12H,5-6H2,1-4H3/t7?,8-,9?,10?/m0/s1. The van der Waals surface area contributed by atoms with Gasteiger partial charge in [0.05, 0.1) is 0 Å². The highest BCUT2D eigenvalue weighted by Crippen LogP contribution is 2.61. The molecule has 4 atom stereocenters. The summed E-state index contributed by atoms with van der Waals surface area (Å²) < 4.78 is 0. The van der Waals surface area contributed by atoms with E-state index in [-0.39, 0.29) is 0 Å². The Bertz CT molecular complexity index is 185. The van der Waals surface area contributed by atoms with Gasteiger partial charge in [0.2, 0.25) is 0 Å². The largest absolute Gasteiger partial charge is 0.317 e. The lowest BCUT2D eigenvalue weighted by Gasteiger charge is -2.62. The van der Waals surface area contributed by atoms with Gasteiger partial charge < -0.3 is 5.32 Å². The van der Waals surface area contributed by atoms with Crippen LogP contribution in [0.1, 0.15) is 33.6 Å². The zero-order valence-electron chi connectivity index (χ0n) is 8.72. The van der Waals surface area contributed by atoms with Gasteiger partial charge in [0.25, 0.3) is 0 Å². The Morgan fingerprint density at radius 1 is 1.25 bits per heavy atom. The highest BCUT2D eigenvalue weighted by atomic mass is 14.9.